The molecule has 0 radical (unpaired) electrons. The number of nitrogens with one attached hydrogen (secondary N) is 1. The molecule has 5 heteroatoms. The molecule has 1 rings (SSSR count). The van der Waals surface area contributed by atoms with E-state index < -0.39 is 11.9 Å². The molecular formula is C13H25N3O2. The first-order valence-corrected chi connectivity index (χ1v) is 6.78. The molecule has 0 saturated heterocycles. The number of hydrogen-bond acceptors (Lipinski definition) is 3. The number of nitrogens with two attached hydrogens (primary N) is 2. The van der Waals surface area contributed by atoms with E-state index in [0.717, 1.165) is 32.1 Å². The van der Waals surface area contributed by atoms with Crippen LogP contribution < -0.4 is 16.8 Å². The molecule has 0 bridgehead atoms. The molecule has 0 aromatic carbocycles. The van der Waals surface area contributed by atoms with Crippen molar-refractivity contribution in [1.82, 2.24) is 5.32 Å². The van der Waals surface area contributed by atoms with Crippen LogP contribution in [-0.4, -0.2) is 23.9 Å². The van der Waals surface area contributed by atoms with Crippen LogP contribution in [0.5, 0.6) is 0 Å². The summed E-state index contributed by atoms with van der Waals surface area (Å²) in [5.74, 6) is -0.802. The van der Waals surface area contributed by atoms with Gasteiger partial charge in [-0.25, -0.2) is 0 Å². The summed E-state index contributed by atoms with van der Waals surface area (Å²) in [7, 11) is 0. The minimum Gasteiger partial charge on any atom is -0.368 e. The Labute approximate surface area is 109 Å². The van der Waals surface area contributed by atoms with Gasteiger partial charge in [0.15, 0.2) is 0 Å². The van der Waals surface area contributed by atoms with Crippen molar-refractivity contribution in [2.45, 2.75) is 58.0 Å². The van der Waals surface area contributed by atoms with Gasteiger partial charge in [0.2, 0.25) is 11.8 Å². The SMILES string of the molecule is CC(C)C(NC(=O)C1CCCCCC1N)C(N)=O. The second-order valence-corrected chi connectivity index (χ2v) is 5.54. The molecule has 1 aliphatic rings. The Morgan fingerprint density at radius 3 is 2.33 bits per heavy atom. The molecule has 5 N–H and O–H groups in total. The van der Waals surface area contributed by atoms with Crippen molar-refractivity contribution in [2.75, 3.05) is 0 Å². The van der Waals surface area contributed by atoms with Crippen LogP contribution in [0.2, 0.25) is 0 Å². The van der Waals surface area contributed by atoms with Gasteiger partial charge in [-0.1, -0.05) is 33.1 Å². The lowest BCUT2D eigenvalue weighted by atomic mass is 9.93. The van der Waals surface area contributed by atoms with E-state index in [-0.39, 0.29) is 23.8 Å². The van der Waals surface area contributed by atoms with Crippen molar-refractivity contribution in [3.05, 3.63) is 0 Å². The summed E-state index contributed by atoms with van der Waals surface area (Å²) in [4.78, 5) is 23.5. The first-order chi connectivity index (χ1) is 8.43. The first-order valence-electron chi connectivity index (χ1n) is 6.78. The van der Waals surface area contributed by atoms with Gasteiger partial charge in [0.1, 0.15) is 6.04 Å². The van der Waals surface area contributed by atoms with E-state index in [2.05, 4.69) is 5.32 Å². The molecular weight excluding hydrogens is 230 g/mol. The van der Waals surface area contributed by atoms with Gasteiger partial charge in [0.05, 0.1) is 5.92 Å². The maximum absolute atomic E-state index is 12.2. The molecule has 104 valence electrons. The molecule has 1 saturated carbocycles. The molecule has 0 spiro atoms. The summed E-state index contributed by atoms with van der Waals surface area (Å²) in [5.41, 5.74) is 11.3. The van der Waals surface area contributed by atoms with Crippen molar-refractivity contribution in [3.63, 3.8) is 0 Å². The fourth-order valence-corrected chi connectivity index (χ4v) is 2.49. The molecule has 2 amide bonds. The highest BCUT2D eigenvalue weighted by Crippen LogP contribution is 2.22. The molecule has 18 heavy (non-hydrogen) atoms. The third kappa shape index (κ3) is 3.98. The zero-order valence-corrected chi connectivity index (χ0v) is 11.3. The van der Waals surface area contributed by atoms with E-state index in [1.807, 2.05) is 13.8 Å². The smallest absolute Gasteiger partial charge is 0.240 e. The van der Waals surface area contributed by atoms with Crippen LogP contribution in [0.25, 0.3) is 0 Å². The highest BCUT2D eigenvalue weighted by atomic mass is 16.2. The van der Waals surface area contributed by atoms with Gasteiger partial charge >= 0.3 is 0 Å². The van der Waals surface area contributed by atoms with Crippen molar-refractivity contribution < 1.29 is 9.59 Å². The first kappa shape index (κ1) is 15.0. The van der Waals surface area contributed by atoms with Gasteiger partial charge in [-0.3, -0.25) is 9.59 Å². The predicted molar refractivity (Wildman–Crippen MR) is 70.5 cm³/mol. The van der Waals surface area contributed by atoms with Gasteiger partial charge in [0.25, 0.3) is 0 Å². The fourth-order valence-electron chi connectivity index (χ4n) is 2.49. The molecule has 0 aromatic heterocycles. The number of amides is 2. The Bertz CT molecular complexity index is 305. The lowest BCUT2D eigenvalue weighted by molar-refractivity contribution is -0.131. The molecule has 3 atom stereocenters. The Balaban J connectivity index is 2.64. The summed E-state index contributed by atoms with van der Waals surface area (Å²) in [5, 5.41) is 2.75. The molecule has 1 aliphatic carbocycles. The van der Waals surface area contributed by atoms with Crippen molar-refractivity contribution in [2.24, 2.45) is 23.3 Å². The van der Waals surface area contributed by atoms with E-state index >= 15 is 0 Å². The molecule has 0 heterocycles. The largest absolute Gasteiger partial charge is 0.368 e. The van der Waals surface area contributed by atoms with Gasteiger partial charge in [-0.15, -0.1) is 0 Å². The molecule has 0 aliphatic heterocycles. The van der Waals surface area contributed by atoms with Crippen LogP contribution in [0, 0.1) is 11.8 Å². The highest BCUT2D eigenvalue weighted by Gasteiger charge is 2.30. The highest BCUT2D eigenvalue weighted by molar-refractivity contribution is 5.88. The second-order valence-electron chi connectivity index (χ2n) is 5.54. The number of hydrogen-bond donors (Lipinski definition) is 3. The monoisotopic (exact) mass is 255 g/mol. The lowest BCUT2D eigenvalue weighted by Gasteiger charge is -2.25. The third-order valence-corrected chi connectivity index (χ3v) is 3.68. The number of primary amides is 1. The van der Waals surface area contributed by atoms with Gasteiger partial charge < -0.3 is 16.8 Å². The predicted octanol–water partition coefficient (Wildman–Crippen LogP) is 0.520. The number of carbonyl (C=O) groups is 2. The summed E-state index contributed by atoms with van der Waals surface area (Å²) in [6.07, 6.45) is 4.90. The standard InChI is InChI=1S/C13H25N3O2/c1-8(2)11(12(15)17)16-13(18)9-6-4-3-5-7-10(9)14/h8-11H,3-7,14H2,1-2H3,(H2,15,17)(H,16,18). The van der Waals surface area contributed by atoms with Crippen LogP contribution in [-0.2, 0) is 9.59 Å². The van der Waals surface area contributed by atoms with Crippen LogP contribution >= 0.6 is 0 Å². The third-order valence-electron chi connectivity index (χ3n) is 3.68. The van der Waals surface area contributed by atoms with E-state index in [1.54, 1.807) is 0 Å². The molecule has 5 nitrogen and oxygen atoms in total. The normalized spacial score (nSPS) is 26.4. The number of rotatable bonds is 4. The van der Waals surface area contributed by atoms with E-state index in [1.165, 1.54) is 0 Å². The fraction of sp³-hybridized carbons (Fsp3) is 0.846. The van der Waals surface area contributed by atoms with Gasteiger partial charge in [-0.2, -0.15) is 0 Å². The van der Waals surface area contributed by atoms with E-state index in [9.17, 15) is 9.59 Å². The maximum Gasteiger partial charge on any atom is 0.240 e. The zero-order chi connectivity index (χ0) is 13.7. The minimum absolute atomic E-state index is 0.00606. The van der Waals surface area contributed by atoms with Crippen molar-refractivity contribution in [1.29, 1.82) is 0 Å². The summed E-state index contributed by atoms with van der Waals surface area (Å²) < 4.78 is 0. The van der Waals surface area contributed by atoms with Gasteiger partial charge in [0, 0.05) is 6.04 Å². The van der Waals surface area contributed by atoms with E-state index in [0.29, 0.717) is 0 Å². The van der Waals surface area contributed by atoms with Crippen LogP contribution in [0.1, 0.15) is 46.0 Å². The van der Waals surface area contributed by atoms with Gasteiger partial charge in [-0.05, 0) is 18.8 Å². The summed E-state index contributed by atoms with van der Waals surface area (Å²) >= 11 is 0. The summed E-state index contributed by atoms with van der Waals surface area (Å²) in [6.45, 7) is 3.73. The summed E-state index contributed by atoms with van der Waals surface area (Å²) in [6, 6.07) is -0.707. The average Bonchev–Trinajstić information content (AvgIpc) is 2.49. The molecule has 0 aromatic rings. The van der Waals surface area contributed by atoms with Crippen molar-refractivity contribution >= 4 is 11.8 Å². The zero-order valence-electron chi connectivity index (χ0n) is 11.3. The van der Waals surface area contributed by atoms with Crippen LogP contribution in [0.4, 0.5) is 0 Å². The Hall–Kier alpha value is -1.10. The topological polar surface area (TPSA) is 98.2 Å². The van der Waals surface area contributed by atoms with Crippen molar-refractivity contribution in [3.8, 4) is 0 Å². The average molecular weight is 255 g/mol. The minimum atomic E-state index is -0.604. The van der Waals surface area contributed by atoms with Crippen LogP contribution in [0.3, 0.4) is 0 Å². The molecule has 3 unspecified atom stereocenters. The second kappa shape index (κ2) is 6.73. The Morgan fingerprint density at radius 1 is 1.17 bits per heavy atom. The molecule has 1 fully saturated rings. The lowest BCUT2D eigenvalue weighted by Crippen LogP contribution is -2.52. The van der Waals surface area contributed by atoms with E-state index in [4.69, 9.17) is 11.5 Å². The Kier molecular flexibility index (Phi) is 5.59. The number of carbonyl (C=O) groups excluding carboxylic acids is 2. The van der Waals surface area contributed by atoms with Crippen LogP contribution in [0.15, 0.2) is 0 Å². The maximum atomic E-state index is 12.2. The quantitative estimate of drug-likeness (QED) is 0.639. The Morgan fingerprint density at radius 2 is 1.78 bits per heavy atom.